The highest BCUT2D eigenvalue weighted by Crippen LogP contribution is 2.32. The third-order valence-electron chi connectivity index (χ3n) is 7.10. The SMILES string of the molecule is Cc1nc(-c2ccc(C)c(S(=O)(=O)N3CCC(C(=O)N[C@H]4CCCc5ccccc54)CC3)c2)no1. The van der Waals surface area contributed by atoms with Gasteiger partial charge in [0.05, 0.1) is 10.9 Å². The summed E-state index contributed by atoms with van der Waals surface area (Å²) >= 11 is 0. The van der Waals surface area contributed by atoms with Crippen LogP contribution in [0, 0.1) is 19.8 Å². The van der Waals surface area contributed by atoms with E-state index in [1.54, 1.807) is 32.0 Å². The molecule has 1 aliphatic heterocycles. The van der Waals surface area contributed by atoms with Gasteiger partial charge in [0.2, 0.25) is 27.6 Å². The van der Waals surface area contributed by atoms with Crippen LogP contribution in [0.15, 0.2) is 51.9 Å². The minimum Gasteiger partial charge on any atom is -0.349 e. The molecule has 2 aromatic carbocycles. The van der Waals surface area contributed by atoms with Crippen molar-refractivity contribution in [1.82, 2.24) is 19.8 Å². The molecule has 1 N–H and O–H groups in total. The summed E-state index contributed by atoms with van der Waals surface area (Å²) in [6, 6.07) is 13.5. The van der Waals surface area contributed by atoms with Gasteiger partial charge in [0.25, 0.3) is 0 Å². The molecule has 9 heteroatoms. The average molecular weight is 495 g/mol. The molecule has 1 saturated heterocycles. The van der Waals surface area contributed by atoms with Crippen LogP contribution in [0.3, 0.4) is 0 Å². The number of hydrogen-bond donors (Lipinski definition) is 1. The lowest BCUT2D eigenvalue weighted by molar-refractivity contribution is -0.127. The third-order valence-corrected chi connectivity index (χ3v) is 9.14. The van der Waals surface area contributed by atoms with Gasteiger partial charge in [-0.05, 0) is 61.8 Å². The van der Waals surface area contributed by atoms with E-state index in [-0.39, 0.29) is 22.8 Å². The number of fused-ring (bicyclic) bond motifs is 1. The Balaban J connectivity index is 1.26. The second kappa shape index (κ2) is 9.54. The number of nitrogens with zero attached hydrogens (tertiary/aromatic N) is 3. The highest BCUT2D eigenvalue weighted by Gasteiger charge is 2.34. The smallest absolute Gasteiger partial charge is 0.243 e. The van der Waals surface area contributed by atoms with Crippen molar-refractivity contribution in [3.8, 4) is 11.4 Å². The Morgan fingerprint density at radius 3 is 2.60 bits per heavy atom. The van der Waals surface area contributed by atoms with E-state index in [0.717, 1.165) is 19.3 Å². The standard InChI is InChI=1S/C26H30N4O4S/c1-17-10-11-21(25-27-18(2)34-29-25)16-24(17)35(32,33)30-14-12-20(13-15-30)26(31)28-23-9-5-7-19-6-3-4-8-22(19)23/h3-4,6,8,10-11,16,20,23H,5,7,9,12-15H2,1-2H3,(H,28,31)/t23-/m0/s1. The lowest BCUT2D eigenvalue weighted by atomic mass is 9.87. The van der Waals surface area contributed by atoms with Gasteiger partial charge in [-0.2, -0.15) is 9.29 Å². The van der Waals surface area contributed by atoms with Crippen LogP contribution in [0.2, 0.25) is 0 Å². The van der Waals surface area contributed by atoms with Gasteiger partial charge in [-0.15, -0.1) is 0 Å². The molecule has 35 heavy (non-hydrogen) atoms. The quantitative estimate of drug-likeness (QED) is 0.576. The van der Waals surface area contributed by atoms with Crippen molar-refractivity contribution in [3.63, 3.8) is 0 Å². The first-order valence-electron chi connectivity index (χ1n) is 12.1. The number of aryl methyl sites for hydroxylation is 3. The van der Waals surface area contributed by atoms with Gasteiger partial charge in [0.1, 0.15) is 0 Å². The summed E-state index contributed by atoms with van der Waals surface area (Å²) in [7, 11) is -3.72. The van der Waals surface area contributed by atoms with Crippen LogP contribution >= 0.6 is 0 Å². The van der Waals surface area contributed by atoms with Crippen LogP contribution in [-0.2, 0) is 21.2 Å². The van der Waals surface area contributed by atoms with Gasteiger partial charge in [-0.3, -0.25) is 4.79 Å². The molecule has 3 aromatic rings. The molecule has 2 aliphatic rings. The molecule has 1 amide bonds. The lowest BCUT2D eigenvalue weighted by Gasteiger charge is -2.33. The van der Waals surface area contributed by atoms with Gasteiger partial charge in [0.15, 0.2) is 0 Å². The molecule has 1 fully saturated rings. The number of benzene rings is 2. The van der Waals surface area contributed by atoms with E-state index in [0.29, 0.717) is 48.8 Å². The van der Waals surface area contributed by atoms with Gasteiger partial charge in [-0.25, -0.2) is 8.42 Å². The van der Waals surface area contributed by atoms with E-state index in [1.807, 2.05) is 12.1 Å². The number of hydrogen-bond acceptors (Lipinski definition) is 6. The summed E-state index contributed by atoms with van der Waals surface area (Å²) in [5.41, 5.74) is 3.76. The molecule has 2 heterocycles. The zero-order valence-electron chi connectivity index (χ0n) is 20.0. The number of piperidine rings is 1. The van der Waals surface area contributed by atoms with Crippen LogP contribution in [0.1, 0.15) is 54.3 Å². The van der Waals surface area contributed by atoms with Gasteiger partial charge < -0.3 is 9.84 Å². The van der Waals surface area contributed by atoms with E-state index in [4.69, 9.17) is 4.52 Å². The van der Waals surface area contributed by atoms with Crippen molar-refractivity contribution in [3.05, 3.63) is 65.0 Å². The summed E-state index contributed by atoms with van der Waals surface area (Å²) in [5, 5.41) is 7.14. The summed E-state index contributed by atoms with van der Waals surface area (Å²) in [4.78, 5) is 17.5. The minimum absolute atomic E-state index is 0.0226. The lowest BCUT2D eigenvalue weighted by Crippen LogP contribution is -2.44. The van der Waals surface area contributed by atoms with E-state index in [9.17, 15) is 13.2 Å². The normalized spacial score (nSPS) is 19.3. The van der Waals surface area contributed by atoms with Crippen molar-refractivity contribution >= 4 is 15.9 Å². The molecule has 1 aromatic heterocycles. The predicted molar refractivity (Wildman–Crippen MR) is 131 cm³/mol. The number of rotatable bonds is 5. The van der Waals surface area contributed by atoms with Gasteiger partial charge in [0, 0.05) is 31.5 Å². The monoisotopic (exact) mass is 494 g/mol. The van der Waals surface area contributed by atoms with Crippen molar-refractivity contribution < 1.29 is 17.7 Å². The molecule has 1 aliphatic carbocycles. The number of sulfonamides is 1. The van der Waals surface area contributed by atoms with E-state index >= 15 is 0 Å². The highest BCUT2D eigenvalue weighted by molar-refractivity contribution is 7.89. The molecule has 0 radical (unpaired) electrons. The maximum absolute atomic E-state index is 13.5. The van der Waals surface area contributed by atoms with E-state index < -0.39 is 10.0 Å². The second-order valence-electron chi connectivity index (χ2n) is 9.45. The Labute approximate surface area is 205 Å². The third kappa shape index (κ3) is 4.75. The Bertz CT molecular complexity index is 1340. The fourth-order valence-electron chi connectivity index (χ4n) is 5.12. The molecule has 5 rings (SSSR count). The summed E-state index contributed by atoms with van der Waals surface area (Å²) in [5.74, 6) is 0.611. The molecular formula is C26H30N4O4S. The largest absolute Gasteiger partial charge is 0.349 e. The van der Waals surface area contributed by atoms with Crippen molar-refractivity contribution in [2.45, 2.75) is 56.9 Å². The maximum atomic E-state index is 13.5. The number of carbonyl (C=O) groups excluding carboxylic acids is 1. The van der Waals surface area contributed by atoms with Crippen LogP contribution in [0.4, 0.5) is 0 Å². The Kier molecular flexibility index (Phi) is 6.46. The second-order valence-corrected chi connectivity index (χ2v) is 11.4. The first-order chi connectivity index (χ1) is 16.8. The van der Waals surface area contributed by atoms with Crippen molar-refractivity contribution in [2.75, 3.05) is 13.1 Å². The number of aromatic nitrogens is 2. The summed E-state index contributed by atoms with van der Waals surface area (Å²) in [6.45, 7) is 4.09. The summed E-state index contributed by atoms with van der Waals surface area (Å²) < 4.78 is 33.5. The van der Waals surface area contributed by atoms with E-state index in [2.05, 4.69) is 27.6 Å². The first-order valence-corrected chi connectivity index (χ1v) is 13.6. The first kappa shape index (κ1) is 23.7. The van der Waals surface area contributed by atoms with Crippen LogP contribution < -0.4 is 5.32 Å². The molecule has 1 atom stereocenters. The van der Waals surface area contributed by atoms with Crippen LogP contribution in [0.5, 0.6) is 0 Å². The number of nitrogens with one attached hydrogen (secondary N) is 1. The Hall–Kier alpha value is -3.04. The van der Waals surface area contributed by atoms with Crippen LogP contribution in [0.25, 0.3) is 11.4 Å². The maximum Gasteiger partial charge on any atom is 0.243 e. The highest BCUT2D eigenvalue weighted by atomic mass is 32.2. The Morgan fingerprint density at radius 1 is 1.09 bits per heavy atom. The Morgan fingerprint density at radius 2 is 1.86 bits per heavy atom. The van der Waals surface area contributed by atoms with Gasteiger partial charge >= 0.3 is 0 Å². The predicted octanol–water partition coefficient (Wildman–Crippen LogP) is 3.95. The fourth-order valence-corrected chi connectivity index (χ4v) is 6.84. The van der Waals surface area contributed by atoms with Gasteiger partial charge in [-0.1, -0.05) is 41.6 Å². The molecule has 8 nitrogen and oxygen atoms in total. The molecule has 0 unspecified atom stereocenters. The van der Waals surface area contributed by atoms with Crippen molar-refractivity contribution in [1.29, 1.82) is 0 Å². The minimum atomic E-state index is -3.72. The average Bonchev–Trinajstić information content (AvgIpc) is 3.30. The fraction of sp³-hybridized carbons (Fsp3) is 0.423. The van der Waals surface area contributed by atoms with Crippen molar-refractivity contribution in [2.24, 2.45) is 5.92 Å². The summed E-state index contributed by atoms with van der Waals surface area (Å²) in [6.07, 6.45) is 4.04. The molecule has 0 bridgehead atoms. The number of carbonyl (C=O) groups is 1. The van der Waals surface area contributed by atoms with E-state index in [1.165, 1.54) is 15.4 Å². The molecule has 184 valence electrons. The number of amides is 1. The molecule has 0 saturated carbocycles. The topological polar surface area (TPSA) is 105 Å². The molecular weight excluding hydrogens is 464 g/mol. The van der Waals surface area contributed by atoms with Crippen LogP contribution in [-0.4, -0.2) is 41.9 Å². The molecule has 0 spiro atoms. The zero-order valence-corrected chi connectivity index (χ0v) is 20.8. The zero-order chi connectivity index (χ0) is 24.6.